The predicted octanol–water partition coefficient (Wildman–Crippen LogP) is 2.38. The van der Waals surface area contributed by atoms with Gasteiger partial charge in [-0.25, -0.2) is 0 Å². The smallest absolute Gasteiger partial charge is 0.309 e. The highest BCUT2D eigenvalue weighted by atomic mass is 79.9. The normalized spacial score (nSPS) is 10.8. The molecule has 0 fully saturated rings. The number of carboxylic acids is 1. The van der Waals surface area contributed by atoms with Gasteiger partial charge in [0.2, 0.25) is 0 Å². The van der Waals surface area contributed by atoms with Crippen LogP contribution in [0.15, 0.2) is 21.0 Å². The Labute approximate surface area is 106 Å². The Morgan fingerprint density at radius 3 is 2.82 bits per heavy atom. The molecule has 0 amide bonds. The minimum atomic E-state index is -0.911. The second-order valence-electron chi connectivity index (χ2n) is 3.71. The van der Waals surface area contributed by atoms with Crippen molar-refractivity contribution in [2.24, 2.45) is 7.05 Å². The third kappa shape index (κ3) is 2.26. The Balaban J connectivity index is 2.48. The number of hydrogen-bond donors (Lipinski definition) is 1. The molecule has 0 saturated carbocycles. The maximum absolute atomic E-state index is 10.7. The molecule has 6 heteroatoms. The molecule has 0 unspecified atom stereocenters. The van der Waals surface area contributed by atoms with Gasteiger partial charge in [-0.2, -0.15) is 5.10 Å². The SMILES string of the molecule is Cc1ccc(-c2c(Br)c(CC(=O)O)nn2C)o1. The summed E-state index contributed by atoms with van der Waals surface area (Å²) in [6.45, 7) is 1.85. The van der Waals surface area contributed by atoms with Crippen LogP contribution in [0.2, 0.25) is 0 Å². The summed E-state index contributed by atoms with van der Waals surface area (Å²) in [7, 11) is 1.75. The molecule has 1 N–H and O–H groups in total. The van der Waals surface area contributed by atoms with Crippen molar-refractivity contribution in [1.82, 2.24) is 9.78 Å². The highest BCUT2D eigenvalue weighted by Gasteiger charge is 2.19. The second kappa shape index (κ2) is 4.37. The molecule has 0 atom stereocenters. The number of rotatable bonds is 3. The number of carbonyl (C=O) groups is 1. The standard InChI is InChI=1S/C11H11BrN2O3/c1-6-3-4-8(17-6)11-10(12)7(5-9(15)16)13-14(11)2/h3-4H,5H2,1-2H3,(H,15,16). The monoisotopic (exact) mass is 298 g/mol. The molecule has 0 aromatic carbocycles. The fourth-order valence-electron chi connectivity index (χ4n) is 1.64. The Morgan fingerprint density at radius 2 is 2.29 bits per heavy atom. The Bertz CT molecular complexity index is 571. The van der Waals surface area contributed by atoms with Crippen LogP contribution in [-0.4, -0.2) is 20.9 Å². The lowest BCUT2D eigenvalue weighted by atomic mass is 10.2. The zero-order valence-electron chi connectivity index (χ0n) is 9.40. The maximum atomic E-state index is 10.7. The van der Waals surface area contributed by atoms with Gasteiger partial charge < -0.3 is 9.52 Å². The molecule has 2 rings (SSSR count). The molecule has 0 saturated heterocycles. The summed E-state index contributed by atoms with van der Waals surface area (Å²) in [5.41, 5.74) is 1.23. The molecule has 0 spiro atoms. The molecule has 2 aromatic heterocycles. The fraction of sp³-hybridized carbons (Fsp3) is 0.273. The van der Waals surface area contributed by atoms with Gasteiger partial charge in [-0.05, 0) is 35.0 Å². The highest BCUT2D eigenvalue weighted by molar-refractivity contribution is 9.10. The molecule has 0 bridgehead atoms. The summed E-state index contributed by atoms with van der Waals surface area (Å²) in [6, 6.07) is 3.69. The van der Waals surface area contributed by atoms with Gasteiger partial charge in [0.05, 0.1) is 16.6 Å². The number of hydrogen-bond acceptors (Lipinski definition) is 3. The molecule has 0 aliphatic carbocycles. The number of aliphatic carboxylic acids is 1. The predicted molar refractivity (Wildman–Crippen MR) is 64.7 cm³/mol. The number of furan rings is 1. The summed E-state index contributed by atoms with van der Waals surface area (Å²) < 4.78 is 7.79. The van der Waals surface area contributed by atoms with Gasteiger partial charge in [0.25, 0.3) is 0 Å². The first kappa shape index (κ1) is 11.9. The highest BCUT2D eigenvalue weighted by Crippen LogP contribution is 2.32. The van der Waals surface area contributed by atoms with Crippen molar-refractivity contribution in [3.8, 4) is 11.5 Å². The summed E-state index contributed by atoms with van der Waals surface area (Å²) in [4.78, 5) is 10.7. The van der Waals surface area contributed by atoms with Crippen molar-refractivity contribution in [3.63, 3.8) is 0 Å². The van der Waals surface area contributed by atoms with Crippen LogP contribution in [0.5, 0.6) is 0 Å². The lowest BCUT2D eigenvalue weighted by Crippen LogP contribution is -2.01. The van der Waals surface area contributed by atoms with E-state index in [9.17, 15) is 4.79 Å². The first-order chi connectivity index (χ1) is 7.99. The van der Waals surface area contributed by atoms with Crippen LogP contribution in [0.25, 0.3) is 11.5 Å². The van der Waals surface area contributed by atoms with E-state index in [4.69, 9.17) is 9.52 Å². The van der Waals surface area contributed by atoms with Gasteiger partial charge in [0, 0.05) is 7.05 Å². The number of aryl methyl sites for hydroxylation is 2. The van der Waals surface area contributed by atoms with E-state index < -0.39 is 5.97 Å². The minimum absolute atomic E-state index is 0.117. The van der Waals surface area contributed by atoms with Gasteiger partial charge in [0.15, 0.2) is 5.76 Å². The van der Waals surface area contributed by atoms with E-state index in [0.29, 0.717) is 15.9 Å². The van der Waals surface area contributed by atoms with Crippen LogP contribution >= 0.6 is 15.9 Å². The lowest BCUT2D eigenvalue weighted by Gasteiger charge is -1.97. The maximum Gasteiger partial charge on any atom is 0.309 e. The Hall–Kier alpha value is -1.56. The summed E-state index contributed by atoms with van der Waals surface area (Å²) in [6.07, 6.45) is -0.117. The molecule has 0 radical (unpaired) electrons. The second-order valence-corrected chi connectivity index (χ2v) is 4.51. The van der Waals surface area contributed by atoms with E-state index in [1.54, 1.807) is 11.7 Å². The van der Waals surface area contributed by atoms with Gasteiger partial charge in [-0.3, -0.25) is 9.48 Å². The molecule has 2 aromatic rings. The van der Waals surface area contributed by atoms with Gasteiger partial charge in [-0.15, -0.1) is 0 Å². The van der Waals surface area contributed by atoms with Crippen molar-refractivity contribution in [2.75, 3.05) is 0 Å². The summed E-state index contributed by atoms with van der Waals surface area (Å²) in [5.74, 6) is 0.555. The summed E-state index contributed by atoms with van der Waals surface area (Å²) in [5, 5.41) is 12.9. The van der Waals surface area contributed by atoms with Crippen LogP contribution in [0, 0.1) is 6.92 Å². The van der Waals surface area contributed by atoms with E-state index in [1.165, 1.54) is 0 Å². The lowest BCUT2D eigenvalue weighted by molar-refractivity contribution is -0.136. The van der Waals surface area contributed by atoms with Gasteiger partial charge in [-0.1, -0.05) is 0 Å². The molecule has 90 valence electrons. The summed E-state index contributed by atoms with van der Waals surface area (Å²) >= 11 is 3.37. The van der Waals surface area contributed by atoms with Crippen molar-refractivity contribution in [1.29, 1.82) is 0 Å². The molecule has 0 aliphatic rings. The first-order valence-corrected chi connectivity index (χ1v) is 5.78. The minimum Gasteiger partial charge on any atom is -0.481 e. The third-order valence-corrected chi connectivity index (χ3v) is 3.18. The average Bonchev–Trinajstić information content (AvgIpc) is 2.72. The molecular formula is C11H11BrN2O3. The fourth-order valence-corrected chi connectivity index (χ4v) is 2.31. The molecule has 2 heterocycles. The van der Waals surface area contributed by atoms with Crippen LogP contribution in [-0.2, 0) is 18.3 Å². The van der Waals surface area contributed by atoms with Crippen LogP contribution in [0.4, 0.5) is 0 Å². The molecule has 0 aliphatic heterocycles. The topological polar surface area (TPSA) is 68.3 Å². The van der Waals surface area contributed by atoms with E-state index >= 15 is 0 Å². The Kier molecular flexibility index (Phi) is 3.06. The van der Waals surface area contributed by atoms with Crippen molar-refractivity contribution in [3.05, 3.63) is 28.1 Å². The number of halogens is 1. The molecule has 5 nitrogen and oxygen atoms in total. The quantitative estimate of drug-likeness (QED) is 0.944. The van der Waals surface area contributed by atoms with E-state index in [-0.39, 0.29) is 6.42 Å². The number of aromatic nitrogens is 2. The van der Waals surface area contributed by atoms with E-state index in [0.717, 1.165) is 11.5 Å². The van der Waals surface area contributed by atoms with Gasteiger partial charge >= 0.3 is 5.97 Å². The van der Waals surface area contributed by atoms with Crippen molar-refractivity contribution >= 4 is 21.9 Å². The number of nitrogens with zero attached hydrogens (tertiary/aromatic N) is 2. The molecular weight excluding hydrogens is 288 g/mol. The average molecular weight is 299 g/mol. The van der Waals surface area contributed by atoms with Crippen LogP contribution in [0.1, 0.15) is 11.5 Å². The zero-order chi connectivity index (χ0) is 12.6. The Morgan fingerprint density at radius 1 is 1.59 bits per heavy atom. The number of carboxylic acid groups (broad SMARTS) is 1. The zero-order valence-corrected chi connectivity index (χ0v) is 11.0. The first-order valence-electron chi connectivity index (χ1n) is 4.99. The van der Waals surface area contributed by atoms with Crippen LogP contribution < -0.4 is 0 Å². The third-order valence-electron chi connectivity index (χ3n) is 2.35. The van der Waals surface area contributed by atoms with E-state index in [2.05, 4.69) is 21.0 Å². The van der Waals surface area contributed by atoms with Crippen molar-refractivity contribution in [2.45, 2.75) is 13.3 Å². The molecule has 17 heavy (non-hydrogen) atoms. The van der Waals surface area contributed by atoms with Crippen molar-refractivity contribution < 1.29 is 14.3 Å². The van der Waals surface area contributed by atoms with E-state index in [1.807, 2.05) is 19.1 Å². The largest absolute Gasteiger partial charge is 0.481 e. The van der Waals surface area contributed by atoms with Crippen LogP contribution in [0.3, 0.4) is 0 Å². The van der Waals surface area contributed by atoms with Gasteiger partial charge in [0.1, 0.15) is 11.5 Å².